The molecule has 1 aromatic rings. The predicted molar refractivity (Wildman–Crippen MR) is 97.5 cm³/mol. The Morgan fingerprint density at radius 1 is 1.35 bits per heavy atom. The SMILES string of the molecule is CCC(C)NC(N)=NCCc1ccc(S(=O)(=O)N(CC)CC)s1. The minimum absolute atomic E-state index is 0.298. The van der Waals surface area contributed by atoms with E-state index in [1.807, 2.05) is 26.8 Å². The van der Waals surface area contributed by atoms with Crippen molar-refractivity contribution in [2.24, 2.45) is 10.7 Å². The van der Waals surface area contributed by atoms with Gasteiger partial charge in [0.2, 0.25) is 0 Å². The monoisotopic (exact) mass is 360 g/mol. The fourth-order valence-corrected chi connectivity index (χ4v) is 4.97. The quantitative estimate of drug-likeness (QED) is 0.521. The second kappa shape index (κ2) is 9.24. The number of thiophene rings is 1. The van der Waals surface area contributed by atoms with Gasteiger partial charge in [0, 0.05) is 37.0 Å². The van der Waals surface area contributed by atoms with Gasteiger partial charge in [-0.15, -0.1) is 11.3 Å². The summed E-state index contributed by atoms with van der Waals surface area (Å²) in [6.07, 6.45) is 1.66. The molecule has 0 spiro atoms. The summed E-state index contributed by atoms with van der Waals surface area (Å²) in [5.74, 6) is 0.437. The van der Waals surface area contributed by atoms with Crippen LogP contribution < -0.4 is 11.1 Å². The molecule has 0 amide bonds. The zero-order valence-electron chi connectivity index (χ0n) is 14.4. The van der Waals surface area contributed by atoms with Crippen LogP contribution in [0.4, 0.5) is 0 Å². The Morgan fingerprint density at radius 3 is 2.57 bits per heavy atom. The third-order valence-corrected chi connectivity index (χ3v) is 7.25. The molecule has 23 heavy (non-hydrogen) atoms. The molecule has 0 aliphatic carbocycles. The Labute approximate surface area is 143 Å². The van der Waals surface area contributed by atoms with Crippen molar-refractivity contribution < 1.29 is 8.42 Å². The van der Waals surface area contributed by atoms with E-state index in [1.165, 1.54) is 15.6 Å². The number of nitrogens with one attached hydrogen (secondary N) is 1. The molecule has 1 atom stereocenters. The zero-order chi connectivity index (χ0) is 17.5. The molecule has 1 rings (SSSR count). The van der Waals surface area contributed by atoms with Gasteiger partial charge in [-0.2, -0.15) is 4.31 Å². The number of nitrogens with zero attached hydrogens (tertiary/aromatic N) is 2. The van der Waals surface area contributed by atoms with E-state index in [-0.39, 0.29) is 0 Å². The molecule has 1 unspecified atom stereocenters. The van der Waals surface area contributed by atoms with Crippen molar-refractivity contribution in [3.05, 3.63) is 17.0 Å². The van der Waals surface area contributed by atoms with E-state index in [1.54, 1.807) is 6.07 Å². The van der Waals surface area contributed by atoms with Crippen LogP contribution >= 0.6 is 11.3 Å². The van der Waals surface area contributed by atoms with E-state index in [9.17, 15) is 8.42 Å². The lowest BCUT2D eigenvalue weighted by Crippen LogP contribution is -2.38. The maximum Gasteiger partial charge on any atom is 0.252 e. The average molecular weight is 361 g/mol. The van der Waals surface area contributed by atoms with Gasteiger partial charge in [-0.25, -0.2) is 8.42 Å². The number of sulfonamides is 1. The van der Waals surface area contributed by atoms with E-state index in [0.717, 1.165) is 11.3 Å². The molecule has 1 heterocycles. The lowest BCUT2D eigenvalue weighted by atomic mass is 10.3. The van der Waals surface area contributed by atoms with Crippen LogP contribution in [0.2, 0.25) is 0 Å². The maximum absolute atomic E-state index is 12.4. The van der Waals surface area contributed by atoms with Crippen LogP contribution in [-0.2, 0) is 16.4 Å². The largest absolute Gasteiger partial charge is 0.370 e. The van der Waals surface area contributed by atoms with Crippen molar-refractivity contribution in [2.75, 3.05) is 19.6 Å². The van der Waals surface area contributed by atoms with E-state index < -0.39 is 10.0 Å². The summed E-state index contributed by atoms with van der Waals surface area (Å²) >= 11 is 1.31. The van der Waals surface area contributed by atoms with E-state index in [0.29, 0.717) is 42.3 Å². The van der Waals surface area contributed by atoms with Gasteiger partial charge in [-0.1, -0.05) is 20.8 Å². The molecule has 8 heteroatoms. The summed E-state index contributed by atoms with van der Waals surface area (Å²) in [5.41, 5.74) is 5.80. The minimum atomic E-state index is -3.36. The summed E-state index contributed by atoms with van der Waals surface area (Å²) in [5, 5.41) is 3.10. The van der Waals surface area contributed by atoms with Crippen LogP contribution in [0.5, 0.6) is 0 Å². The molecule has 0 saturated heterocycles. The molecular formula is C15H28N4O2S2. The first-order valence-corrected chi connectivity index (χ1v) is 10.3. The van der Waals surface area contributed by atoms with Gasteiger partial charge in [0.1, 0.15) is 4.21 Å². The molecule has 0 radical (unpaired) electrons. The summed E-state index contributed by atoms with van der Waals surface area (Å²) < 4.78 is 26.7. The van der Waals surface area contributed by atoms with Crippen molar-refractivity contribution in [3.8, 4) is 0 Å². The van der Waals surface area contributed by atoms with Crippen LogP contribution in [0.25, 0.3) is 0 Å². The first kappa shape index (κ1) is 19.9. The maximum atomic E-state index is 12.4. The Morgan fingerprint density at radius 2 is 2.00 bits per heavy atom. The Kier molecular flexibility index (Phi) is 8.01. The smallest absolute Gasteiger partial charge is 0.252 e. The number of guanidine groups is 1. The highest BCUT2D eigenvalue weighted by Gasteiger charge is 2.23. The Balaban J connectivity index is 2.66. The molecule has 0 bridgehead atoms. The third kappa shape index (κ3) is 5.78. The molecule has 0 fully saturated rings. The number of aliphatic imine (C=N–C) groups is 1. The molecule has 0 aromatic carbocycles. The summed E-state index contributed by atoms with van der Waals surface area (Å²) in [6, 6.07) is 3.83. The number of hydrogen-bond acceptors (Lipinski definition) is 4. The highest BCUT2D eigenvalue weighted by Crippen LogP contribution is 2.25. The van der Waals surface area contributed by atoms with Crippen molar-refractivity contribution in [2.45, 2.75) is 50.8 Å². The number of hydrogen-bond donors (Lipinski definition) is 2. The minimum Gasteiger partial charge on any atom is -0.370 e. The zero-order valence-corrected chi connectivity index (χ0v) is 16.0. The van der Waals surface area contributed by atoms with Crippen molar-refractivity contribution in [3.63, 3.8) is 0 Å². The molecule has 3 N–H and O–H groups in total. The molecular weight excluding hydrogens is 332 g/mol. The average Bonchev–Trinajstić information content (AvgIpc) is 2.97. The normalized spacial score (nSPS) is 14.2. The van der Waals surface area contributed by atoms with Crippen molar-refractivity contribution in [1.82, 2.24) is 9.62 Å². The first-order chi connectivity index (χ1) is 10.8. The van der Waals surface area contributed by atoms with Crippen LogP contribution in [0.15, 0.2) is 21.3 Å². The summed E-state index contributed by atoms with van der Waals surface area (Å²) in [4.78, 5) is 5.27. The van der Waals surface area contributed by atoms with Crippen LogP contribution in [0.1, 0.15) is 39.0 Å². The van der Waals surface area contributed by atoms with Crippen molar-refractivity contribution in [1.29, 1.82) is 0 Å². The third-order valence-electron chi connectivity index (χ3n) is 3.58. The molecule has 0 saturated carbocycles. The highest BCUT2D eigenvalue weighted by molar-refractivity contribution is 7.91. The summed E-state index contributed by atoms with van der Waals surface area (Å²) in [6.45, 7) is 9.32. The molecule has 0 aliphatic rings. The van der Waals surface area contributed by atoms with Gasteiger partial charge < -0.3 is 11.1 Å². The summed E-state index contributed by atoms with van der Waals surface area (Å²) in [7, 11) is -3.36. The van der Waals surface area contributed by atoms with Crippen LogP contribution in [0, 0.1) is 0 Å². The van der Waals surface area contributed by atoms with Gasteiger partial charge in [0.25, 0.3) is 10.0 Å². The van der Waals surface area contributed by atoms with Gasteiger partial charge in [-0.05, 0) is 25.5 Å². The predicted octanol–water partition coefficient (Wildman–Crippen LogP) is 2.02. The van der Waals surface area contributed by atoms with E-state index in [4.69, 9.17) is 5.73 Å². The standard InChI is InChI=1S/C15H28N4O2S2/c1-5-12(4)18-15(16)17-11-10-13-8-9-14(22-13)23(20,21)19(6-2)7-3/h8-9,12H,5-7,10-11H2,1-4H3,(H3,16,17,18). The van der Waals surface area contributed by atoms with Crippen molar-refractivity contribution >= 4 is 27.3 Å². The molecule has 6 nitrogen and oxygen atoms in total. The van der Waals surface area contributed by atoms with Gasteiger partial charge in [-0.3, -0.25) is 4.99 Å². The molecule has 1 aromatic heterocycles. The lowest BCUT2D eigenvalue weighted by molar-refractivity contribution is 0.447. The molecule has 0 aliphatic heterocycles. The topological polar surface area (TPSA) is 87.8 Å². The highest BCUT2D eigenvalue weighted by atomic mass is 32.2. The second-order valence-corrected chi connectivity index (χ2v) is 8.61. The Bertz CT molecular complexity index is 607. The molecule has 132 valence electrons. The number of nitrogens with two attached hydrogens (primary N) is 1. The number of rotatable bonds is 9. The Hall–Kier alpha value is -1.12. The van der Waals surface area contributed by atoms with Crippen LogP contribution in [0.3, 0.4) is 0 Å². The van der Waals surface area contributed by atoms with Gasteiger partial charge >= 0.3 is 0 Å². The lowest BCUT2D eigenvalue weighted by Gasteiger charge is -2.16. The fourth-order valence-electron chi connectivity index (χ4n) is 2.01. The van der Waals surface area contributed by atoms with E-state index in [2.05, 4.69) is 17.2 Å². The first-order valence-electron chi connectivity index (χ1n) is 8.00. The fraction of sp³-hybridized carbons (Fsp3) is 0.667. The van der Waals surface area contributed by atoms with Gasteiger partial charge in [0.15, 0.2) is 5.96 Å². The van der Waals surface area contributed by atoms with E-state index >= 15 is 0 Å². The van der Waals surface area contributed by atoms with Crippen LogP contribution in [-0.4, -0.2) is 44.4 Å². The van der Waals surface area contributed by atoms with Gasteiger partial charge in [0.05, 0.1) is 0 Å². The second-order valence-electron chi connectivity index (χ2n) is 5.28.